The lowest BCUT2D eigenvalue weighted by Gasteiger charge is -2.27. The quantitative estimate of drug-likeness (QED) is 0.868. The summed E-state index contributed by atoms with van der Waals surface area (Å²) in [6, 6.07) is 4.07. The number of carbonyl (C=O) groups is 2. The number of hydrogen-bond donors (Lipinski definition) is 2. The van der Waals surface area contributed by atoms with Crippen molar-refractivity contribution in [1.29, 1.82) is 0 Å². The maximum atomic E-state index is 12.2. The molecule has 1 atom stereocenters. The molecule has 1 saturated carbocycles. The van der Waals surface area contributed by atoms with Gasteiger partial charge in [0.1, 0.15) is 6.54 Å². The van der Waals surface area contributed by atoms with Crippen molar-refractivity contribution >= 4 is 23.3 Å². The third kappa shape index (κ3) is 3.12. The molecule has 2 N–H and O–H groups in total. The zero-order valence-corrected chi connectivity index (χ0v) is 12.1. The van der Waals surface area contributed by atoms with E-state index in [9.17, 15) is 9.59 Å². The van der Waals surface area contributed by atoms with Gasteiger partial charge in [-0.3, -0.25) is 4.79 Å². The van der Waals surface area contributed by atoms with Crippen LogP contribution >= 0.6 is 11.3 Å². The van der Waals surface area contributed by atoms with E-state index in [4.69, 9.17) is 0 Å². The molecule has 108 valence electrons. The molecule has 1 aromatic rings. The van der Waals surface area contributed by atoms with E-state index in [1.54, 1.807) is 16.2 Å². The zero-order chi connectivity index (χ0) is 13.9. The van der Waals surface area contributed by atoms with Gasteiger partial charge in [0.25, 0.3) is 0 Å². The number of amides is 3. The molecule has 2 aliphatic rings. The molecule has 1 aromatic heterocycles. The van der Waals surface area contributed by atoms with E-state index in [0.29, 0.717) is 19.0 Å². The number of urea groups is 1. The third-order valence-electron chi connectivity index (χ3n) is 3.76. The van der Waals surface area contributed by atoms with Gasteiger partial charge in [-0.2, -0.15) is 0 Å². The molecule has 2 heterocycles. The summed E-state index contributed by atoms with van der Waals surface area (Å²) in [6.45, 7) is 1.52. The van der Waals surface area contributed by atoms with Crippen LogP contribution in [0.4, 0.5) is 4.79 Å². The van der Waals surface area contributed by atoms with Crippen molar-refractivity contribution < 1.29 is 9.59 Å². The van der Waals surface area contributed by atoms with E-state index >= 15 is 0 Å². The van der Waals surface area contributed by atoms with E-state index in [1.807, 2.05) is 11.4 Å². The molecular weight excluding hydrogens is 274 g/mol. The predicted molar refractivity (Wildman–Crippen MR) is 77.5 cm³/mol. The number of rotatable bonds is 5. The summed E-state index contributed by atoms with van der Waals surface area (Å²) in [5, 5.41) is 7.90. The number of hydrogen-bond acceptors (Lipinski definition) is 3. The largest absolute Gasteiger partial charge is 0.347 e. The van der Waals surface area contributed by atoms with Crippen LogP contribution in [-0.4, -0.2) is 36.5 Å². The minimum Gasteiger partial charge on any atom is -0.347 e. The standard InChI is InChI=1S/C14H19N3O2S/c18-12(9-17-7-2-6-15-14(17)19)16-13(10-4-5-10)11-3-1-8-20-11/h1,3,8,10,13H,2,4-7,9H2,(H,15,19)(H,16,18). The van der Waals surface area contributed by atoms with Gasteiger partial charge in [0.2, 0.25) is 5.91 Å². The van der Waals surface area contributed by atoms with E-state index in [-0.39, 0.29) is 24.5 Å². The summed E-state index contributed by atoms with van der Waals surface area (Å²) >= 11 is 1.68. The molecule has 3 amide bonds. The Bertz CT molecular complexity index is 485. The van der Waals surface area contributed by atoms with Gasteiger partial charge in [-0.15, -0.1) is 11.3 Å². The first kappa shape index (κ1) is 13.4. The van der Waals surface area contributed by atoms with Gasteiger partial charge in [0, 0.05) is 18.0 Å². The number of nitrogens with zero attached hydrogens (tertiary/aromatic N) is 1. The molecule has 1 unspecified atom stereocenters. The Kier molecular flexibility index (Phi) is 3.91. The Balaban J connectivity index is 1.58. The lowest BCUT2D eigenvalue weighted by Crippen LogP contribution is -2.50. The molecule has 3 rings (SSSR count). The molecule has 1 aliphatic carbocycles. The summed E-state index contributed by atoms with van der Waals surface area (Å²) in [6.07, 6.45) is 3.25. The van der Waals surface area contributed by atoms with E-state index in [1.165, 1.54) is 17.7 Å². The Morgan fingerprint density at radius 3 is 3.05 bits per heavy atom. The smallest absolute Gasteiger partial charge is 0.317 e. The van der Waals surface area contributed by atoms with Gasteiger partial charge in [0.15, 0.2) is 0 Å². The number of thiophene rings is 1. The Hall–Kier alpha value is -1.56. The molecule has 0 spiro atoms. The Morgan fingerprint density at radius 1 is 1.55 bits per heavy atom. The fourth-order valence-electron chi connectivity index (χ4n) is 2.54. The SMILES string of the molecule is O=C(CN1CCCNC1=O)NC(c1cccs1)C1CC1. The summed E-state index contributed by atoms with van der Waals surface area (Å²) in [5.41, 5.74) is 0. The summed E-state index contributed by atoms with van der Waals surface area (Å²) < 4.78 is 0. The van der Waals surface area contributed by atoms with Crippen LogP contribution in [0.1, 0.15) is 30.2 Å². The Morgan fingerprint density at radius 2 is 2.40 bits per heavy atom. The molecule has 2 fully saturated rings. The molecule has 20 heavy (non-hydrogen) atoms. The van der Waals surface area contributed by atoms with Crippen molar-refractivity contribution in [3.05, 3.63) is 22.4 Å². The topological polar surface area (TPSA) is 61.4 Å². The van der Waals surface area contributed by atoms with Crippen molar-refractivity contribution in [2.45, 2.75) is 25.3 Å². The molecule has 0 radical (unpaired) electrons. The molecule has 1 saturated heterocycles. The van der Waals surface area contributed by atoms with E-state index in [2.05, 4.69) is 16.7 Å². The number of nitrogens with one attached hydrogen (secondary N) is 2. The maximum absolute atomic E-state index is 12.2. The normalized spacial score (nSPS) is 20.4. The minimum absolute atomic E-state index is 0.0626. The average molecular weight is 293 g/mol. The van der Waals surface area contributed by atoms with E-state index in [0.717, 1.165) is 6.42 Å². The summed E-state index contributed by atoms with van der Waals surface area (Å²) in [5.74, 6) is 0.500. The molecule has 1 aliphatic heterocycles. The van der Waals surface area contributed by atoms with E-state index < -0.39 is 0 Å². The zero-order valence-electron chi connectivity index (χ0n) is 11.3. The molecule has 0 bridgehead atoms. The highest BCUT2D eigenvalue weighted by molar-refractivity contribution is 7.10. The van der Waals surface area contributed by atoms with Crippen LogP contribution in [0.25, 0.3) is 0 Å². The first-order chi connectivity index (χ1) is 9.74. The van der Waals surface area contributed by atoms with Crippen LogP contribution in [-0.2, 0) is 4.79 Å². The highest BCUT2D eigenvalue weighted by Crippen LogP contribution is 2.42. The van der Waals surface area contributed by atoms with Gasteiger partial charge in [-0.1, -0.05) is 6.07 Å². The average Bonchev–Trinajstić information content (AvgIpc) is 3.13. The predicted octanol–water partition coefficient (Wildman–Crippen LogP) is 1.73. The minimum atomic E-state index is -0.134. The molecular formula is C14H19N3O2S. The van der Waals surface area contributed by atoms with Crippen LogP contribution < -0.4 is 10.6 Å². The van der Waals surface area contributed by atoms with Crippen LogP contribution in [0.5, 0.6) is 0 Å². The maximum Gasteiger partial charge on any atom is 0.317 e. The highest BCUT2D eigenvalue weighted by Gasteiger charge is 2.34. The fourth-order valence-corrected chi connectivity index (χ4v) is 3.41. The molecule has 0 aromatic carbocycles. The highest BCUT2D eigenvalue weighted by atomic mass is 32.1. The van der Waals surface area contributed by atoms with Crippen molar-refractivity contribution in [1.82, 2.24) is 15.5 Å². The summed E-state index contributed by atoms with van der Waals surface area (Å²) in [4.78, 5) is 26.6. The van der Waals surface area contributed by atoms with Gasteiger partial charge in [0.05, 0.1) is 6.04 Å². The van der Waals surface area contributed by atoms with Crippen LogP contribution in [0, 0.1) is 5.92 Å². The fraction of sp³-hybridized carbons (Fsp3) is 0.571. The van der Waals surface area contributed by atoms with Gasteiger partial charge in [-0.05, 0) is 36.6 Å². The van der Waals surface area contributed by atoms with Crippen molar-refractivity contribution in [2.24, 2.45) is 5.92 Å². The van der Waals surface area contributed by atoms with Crippen molar-refractivity contribution in [3.63, 3.8) is 0 Å². The lowest BCUT2D eigenvalue weighted by atomic mass is 10.1. The Labute approximate surface area is 122 Å². The second-order valence-corrected chi connectivity index (χ2v) is 6.38. The number of carbonyl (C=O) groups excluding carboxylic acids is 2. The molecule has 5 nitrogen and oxygen atoms in total. The second-order valence-electron chi connectivity index (χ2n) is 5.41. The van der Waals surface area contributed by atoms with Crippen molar-refractivity contribution in [3.8, 4) is 0 Å². The first-order valence-electron chi connectivity index (χ1n) is 7.09. The second kappa shape index (κ2) is 5.83. The van der Waals surface area contributed by atoms with Crippen molar-refractivity contribution in [2.75, 3.05) is 19.6 Å². The van der Waals surface area contributed by atoms with Gasteiger partial charge >= 0.3 is 6.03 Å². The van der Waals surface area contributed by atoms with Gasteiger partial charge < -0.3 is 15.5 Å². The van der Waals surface area contributed by atoms with Crippen LogP contribution in [0.3, 0.4) is 0 Å². The first-order valence-corrected chi connectivity index (χ1v) is 7.97. The monoisotopic (exact) mass is 293 g/mol. The van der Waals surface area contributed by atoms with Gasteiger partial charge in [-0.25, -0.2) is 4.79 Å². The van der Waals surface area contributed by atoms with Crippen LogP contribution in [0.2, 0.25) is 0 Å². The summed E-state index contributed by atoms with van der Waals surface area (Å²) in [7, 11) is 0. The third-order valence-corrected chi connectivity index (χ3v) is 4.72. The lowest BCUT2D eigenvalue weighted by molar-refractivity contribution is -0.122. The van der Waals surface area contributed by atoms with Crippen LogP contribution in [0.15, 0.2) is 17.5 Å². The molecule has 6 heteroatoms.